The standard InChI is InChI=1S/C21H34O2/c1-19-9-8-18-16(17(19)5-4-14(22)12-19)7-10-20(2)13-15(23)6-11-21(18,20)3/h15-18,23H,4-13H2,1-3H3/t15-,16?,17?,18?,19?,20+,21?/m1/s1. The molecule has 0 amide bonds. The molecule has 4 aliphatic carbocycles. The third-order valence-electron chi connectivity index (χ3n) is 9.20. The lowest BCUT2D eigenvalue weighted by molar-refractivity contribution is -0.178. The summed E-state index contributed by atoms with van der Waals surface area (Å²) in [5, 5.41) is 10.2. The van der Waals surface area contributed by atoms with Gasteiger partial charge in [-0.2, -0.15) is 0 Å². The highest BCUT2D eigenvalue weighted by Gasteiger charge is 2.61. The molecule has 4 saturated carbocycles. The molecule has 0 heterocycles. The number of hydrogen-bond donors (Lipinski definition) is 1. The van der Waals surface area contributed by atoms with Gasteiger partial charge in [0.1, 0.15) is 5.78 Å². The van der Waals surface area contributed by atoms with Crippen molar-refractivity contribution in [1.29, 1.82) is 0 Å². The smallest absolute Gasteiger partial charge is 0.133 e. The van der Waals surface area contributed by atoms with Gasteiger partial charge in [-0.15, -0.1) is 0 Å². The minimum absolute atomic E-state index is 0.0780. The van der Waals surface area contributed by atoms with Gasteiger partial charge in [-0.1, -0.05) is 20.8 Å². The van der Waals surface area contributed by atoms with Crippen molar-refractivity contribution in [2.24, 2.45) is 34.0 Å². The average molecular weight is 319 g/mol. The zero-order chi connectivity index (χ0) is 16.5. The molecule has 1 N–H and O–H groups in total. The van der Waals surface area contributed by atoms with E-state index >= 15 is 0 Å². The van der Waals surface area contributed by atoms with Gasteiger partial charge in [0.05, 0.1) is 6.10 Å². The fourth-order valence-corrected chi connectivity index (χ4v) is 7.64. The molecule has 130 valence electrons. The Hall–Kier alpha value is -0.370. The summed E-state index contributed by atoms with van der Waals surface area (Å²) in [5.41, 5.74) is 1.01. The number of rotatable bonds is 0. The van der Waals surface area contributed by atoms with Crippen LogP contribution in [-0.4, -0.2) is 17.0 Å². The predicted molar refractivity (Wildman–Crippen MR) is 92.0 cm³/mol. The summed E-state index contributed by atoms with van der Waals surface area (Å²) in [5.74, 6) is 2.93. The van der Waals surface area contributed by atoms with Crippen LogP contribution in [0.1, 0.15) is 85.0 Å². The van der Waals surface area contributed by atoms with Gasteiger partial charge < -0.3 is 5.11 Å². The van der Waals surface area contributed by atoms with Crippen LogP contribution in [0.15, 0.2) is 0 Å². The molecular weight excluding hydrogens is 284 g/mol. The van der Waals surface area contributed by atoms with Crippen LogP contribution in [0.3, 0.4) is 0 Å². The highest BCUT2D eigenvalue weighted by molar-refractivity contribution is 5.80. The monoisotopic (exact) mass is 318 g/mol. The second-order valence-corrected chi connectivity index (χ2v) is 10.2. The fraction of sp³-hybridized carbons (Fsp3) is 0.952. The predicted octanol–water partition coefficient (Wildman–Crippen LogP) is 4.74. The molecule has 2 nitrogen and oxygen atoms in total. The Kier molecular flexibility index (Phi) is 3.55. The van der Waals surface area contributed by atoms with E-state index in [0.29, 0.717) is 16.6 Å². The Morgan fingerprint density at radius 3 is 2.52 bits per heavy atom. The largest absolute Gasteiger partial charge is 0.393 e. The van der Waals surface area contributed by atoms with Gasteiger partial charge in [0.25, 0.3) is 0 Å². The van der Waals surface area contributed by atoms with Crippen molar-refractivity contribution in [2.75, 3.05) is 0 Å². The van der Waals surface area contributed by atoms with Crippen LogP contribution in [0, 0.1) is 34.0 Å². The Morgan fingerprint density at radius 1 is 0.957 bits per heavy atom. The first-order valence-corrected chi connectivity index (χ1v) is 9.97. The summed E-state index contributed by atoms with van der Waals surface area (Å²) >= 11 is 0. The number of carbonyl (C=O) groups excluding carboxylic acids is 1. The van der Waals surface area contributed by atoms with Crippen LogP contribution in [0.4, 0.5) is 0 Å². The van der Waals surface area contributed by atoms with Crippen molar-refractivity contribution in [2.45, 2.75) is 91.1 Å². The van der Waals surface area contributed by atoms with Crippen molar-refractivity contribution in [3.8, 4) is 0 Å². The lowest BCUT2D eigenvalue weighted by Crippen LogP contribution is -2.59. The summed E-state index contributed by atoms with van der Waals surface area (Å²) in [6.45, 7) is 7.42. The number of fused-ring (bicyclic) bond motifs is 5. The van der Waals surface area contributed by atoms with Crippen LogP contribution >= 0.6 is 0 Å². The number of ketones is 1. The molecule has 0 aliphatic heterocycles. The Morgan fingerprint density at radius 2 is 1.74 bits per heavy atom. The summed E-state index contributed by atoms with van der Waals surface area (Å²) in [4.78, 5) is 12.0. The Balaban J connectivity index is 1.65. The van der Waals surface area contributed by atoms with E-state index < -0.39 is 0 Å². The molecule has 0 spiro atoms. The number of aliphatic hydroxyl groups excluding tert-OH is 1. The van der Waals surface area contributed by atoms with Crippen LogP contribution in [0.25, 0.3) is 0 Å². The van der Waals surface area contributed by atoms with E-state index in [0.717, 1.165) is 49.9 Å². The second kappa shape index (κ2) is 5.07. The summed E-state index contributed by atoms with van der Waals surface area (Å²) in [6, 6.07) is 0. The maximum atomic E-state index is 12.0. The molecule has 23 heavy (non-hydrogen) atoms. The summed E-state index contributed by atoms with van der Waals surface area (Å²) in [7, 11) is 0. The molecule has 2 heteroatoms. The third-order valence-corrected chi connectivity index (χ3v) is 9.20. The van der Waals surface area contributed by atoms with Crippen molar-refractivity contribution in [1.82, 2.24) is 0 Å². The van der Waals surface area contributed by atoms with E-state index in [2.05, 4.69) is 20.8 Å². The molecule has 5 unspecified atom stereocenters. The first-order chi connectivity index (χ1) is 10.8. The molecule has 0 aromatic rings. The van der Waals surface area contributed by atoms with E-state index in [9.17, 15) is 9.90 Å². The Labute approximate surface area is 141 Å². The van der Waals surface area contributed by atoms with Gasteiger partial charge >= 0.3 is 0 Å². The lowest BCUT2D eigenvalue weighted by Gasteiger charge is -2.66. The average Bonchev–Trinajstić information content (AvgIpc) is 2.47. The van der Waals surface area contributed by atoms with Crippen molar-refractivity contribution in [3.63, 3.8) is 0 Å². The molecule has 0 saturated heterocycles. The van der Waals surface area contributed by atoms with Gasteiger partial charge in [-0.05, 0) is 85.4 Å². The minimum Gasteiger partial charge on any atom is -0.393 e. The fourth-order valence-electron chi connectivity index (χ4n) is 7.64. The first-order valence-electron chi connectivity index (χ1n) is 9.97. The molecule has 4 rings (SSSR count). The molecule has 7 atom stereocenters. The SMILES string of the molecule is CC12CCC3C(CC[C@@]4(C)C[C@H](O)CCC34C)C1CCC(=O)C2. The third kappa shape index (κ3) is 2.19. The number of carbonyl (C=O) groups is 1. The molecule has 4 aliphatic rings. The van der Waals surface area contributed by atoms with Crippen LogP contribution < -0.4 is 0 Å². The molecule has 0 bridgehead atoms. The minimum atomic E-state index is -0.0780. The zero-order valence-electron chi connectivity index (χ0n) is 15.2. The maximum Gasteiger partial charge on any atom is 0.133 e. The summed E-state index contributed by atoms with van der Waals surface area (Å²) in [6.07, 6.45) is 11.1. The Bertz CT molecular complexity index is 514. The number of aliphatic hydroxyl groups is 1. The topological polar surface area (TPSA) is 37.3 Å². The molecule has 0 aromatic heterocycles. The van der Waals surface area contributed by atoms with E-state index in [-0.39, 0.29) is 11.5 Å². The van der Waals surface area contributed by atoms with Gasteiger partial charge in [-0.3, -0.25) is 4.79 Å². The lowest BCUT2D eigenvalue weighted by atomic mass is 9.39. The van der Waals surface area contributed by atoms with E-state index in [1.807, 2.05) is 0 Å². The van der Waals surface area contributed by atoms with Crippen LogP contribution in [0.5, 0.6) is 0 Å². The molecule has 4 fully saturated rings. The van der Waals surface area contributed by atoms with Gasteiger partial charge in [0.15, 0.2) is 0 Å². The van der Waals surface area contributed by atoms with E-state index in [1.54, 1.807) is 0 Å². The number of Topliss-reactive ketones (excluding diaryl/α,β-unsaturated/α-hetero) is 1. The van der Waals surface area contributed by atoms with Gasteiger partial charge in [0, 0.05) is 12.8 Å². The quantitative estimate of drug-likeness (QED) is 0.700. The van der Waals surface area contributed by atoms with E-state index in [4.69, 9.17) is 0 Å². The van der Waals surface area contributed by atoms with Crippen molar-refractivity contribution in [3.05, 3.63) is 0 Å². The normalized spacial score (nSPS) is 56.4. The second-order valence-electron chi connectivity index (χ2n) is 10.2. The van der Waals surface area contributed by atoms with E-state index in [1.165, 1.54) is 32.1 Å². The van der Waals surface area contributed by atoms with Crippen molar-refractivity contribution < 1.29 is 9.90 Å². The maximum absolute atomic E-state index is 12.0. The number of hydrogen-bond acceptors (Lipinski definition) is 2. The highest BCUT2D eigenvalue weighted by Crippen LogP contribution is 2.69. The molecular formula is C21H34O2. The van der Waals surface area contributed by atoms with Gasteiger partial charge in [-0.25, -0.2) is 0 Å². The highest BCUT2D eigenvalue weighted by atomic mass is 16.3. The molecule has 0 radical (unpaired) electrons. The molecule has 0 aromatic carbocycles. The van der Waals surface area contributed by atoms with Crippen LogP contribution in [-0.2, 0) is 4.79 Å². The van der Waals surface area contributed by atoms with Crippen molar-refractivity contribution >= 4 is 5.78 Å². The zero-order valence-corrected chi connectivity index (χ0v) is 15.2. The van der Waals surface area contributed by atoms with Crippen LogP contribution in [0.2, 0.25) is 0 Å². The summed E-state index contributed by atoms with van der Waals surface area (Å²) < 4.78 is 0. The van der Waals surface area contributed by atoms with Gasteiger partial charge in [0.2, 0.25) is 0 Å². The first kappa shape index (κ1) is 16.1.